The Morgan fingerprint density at radius 3 is 3.00 bits per heavy atom. The van der Waals surface area contributed by atoms with Crippen molar-refractivity contribution in [2.24, 2.45) is 0 Å². The van der Waals surface area contributed by atoms with Crippen molar-refractivity contribution in [3.05, 3.63) is 46.9 Å². The quantitative estimate of drug-likeness (QED) is 0.533. The number of nitrogen functional groups attached to an aromatic ring is 1. The van der Waals surface area contributed by atoms with E-state index in [0.717, 1.165) is 11.1 Å². The van der Waals surface area contributed by atoms with Gasteiger partial charge < -0.3 is 10.7 Å². The molecule has 0 spiro atoms. The molecular formula is C15H16N6OS2. The molecule has 0 aliphatic heterocycles. The van der Waals surface area contributed by atoms with Crippen LogP contribution in [0.1, 0.15) is 5.56 Å². The monoisotopic (exact) mass is 360 g/mol. The number of nitrogens with two attached hydrogens (primary N) is 1. The van der Waals surface area contributed by atoms with Crippen LogP contribution in [-0.4, -0.2) is 43.5 Å². The number of rotatable bonds is 6. The van der Waals surface area contributed by atoms with Crippen molar-refractivity contribution in [2.75, 3.05) is 18.6 Å². The number of thioether (sulfide) groups is 1. The summed E-state index contributed by atoms with van der Waals surface area (Å²) in [6.07, 6.45) is 3.35. The predicted molar refractivity (Wildman–Crippen MR) is 94.9 cm³/mol. The van der Waals surface area contributed by atoms with Gasteiger partial charge in [0.2, 0.25) is 11.1 Å². The number of amides is 1. The minimum absolute atomic E-state index is 0.0112. The molecule has 24 heavy (non-hydrogen) atoms. The summed E-state index contributed by atoms with van der Waals surface area (Å²) in [5, 5.41) is 12.7. The smallest absolute Gasteiger partial charge is 0.233 e. The summed E-state index contributed by atoms with van der Waals surface area (Å²) in [7, 11) is 1.79. The maximum atomic E-state index is 12.2. The van der Waals surface area contributed by atoms with E-state index >= 15 is 0 Å². The fraction of sp³-hybridized carbons (Fsp3) is 0.200. The van der Waals surface area contributed by atoms with Crippen LogP contribution in [0.15, 0.2) is 46.5 Å². The van der Waals surface area contributed by atoms with Crippen molar-refractivity contribution in [1.29, 1.82) is 0 Å². The Hall–Kier alpha value is -2.39. The summed E-state index contributed by atoms with van der Waals surface area (Å²) in [5.41, 5.74) is 1.90. The first-order valence-electron chi connectivity index (χ1n) is 7.14. The van der Waals surface area contributed by atoms with Crippen molar-refractivity contribution in [3.63, 3.8) is 0 Å². The van der Waals surface area contributed by atoms with Gasteiger partial charge >= 0.3 is 0 Å². The van der Waals surface area contributed by atoms with Crippen molar-refractivity contribution in [1.82, 2.24) is 24.8 Å². The molecule has 0 fully saturated rings. The number of carbonyl (C=O) groups is 1. The van der Waals surface area contributed by atoms with Gasteiger partial charge in [-0.15, -0.1) is 10.2 Å². The summed E-state index contributed by atoms with van der Waals surface area (Å²) >= 11 is 2.89. The largest absolute Gasteiger partial charge is 0.341 e. The van der Waals surface area contributed by atoms with Crippen LogP contribution in [0.5, 0.6) is 0 Å². The highest BCUT2D eigenvalue weighted by Crippen LogP contribution is 2.21. The Morgan fingerprint density at radius 1 is 1.42 bits per heavy atom. The molecule has 0 aliphatic carbocycles. The van der Waals surface area contributed by atoms with E-state index < -0.39 is 0 Å². The Kier molecular flexibility index (Phi) is 5.11. The zero-order chi connectivity index (χ0) is 16.9. The molecule has 3 heterocycles. The van der Waals surface area contributed by atoms with E-state index in [4.69, 9.17) is 5.84 Å². The molecule has 9 heteroatoms. The molecule has 7 nitrogen and oxygen atoms in total. The van der Waals surface area contributed by atoms with Gasteiger partial charge in [-0.1, -0.05) is 11.8 Å². The van der Waals surface area contributed by atoms with Gasteiger partial charge in [-0.2, -0.15) is 11.3 Å². The predicted octanol–water partition coefficient (Wildman–Crippen LogP) is 1.87. The summed E-state index contributed by atoms with van der Waals surface area (Å²) < 4.78 is 1.38. The van der Waals surface area contributed by atoms with E-state index in [0.29, 0.717) is 17.5 Å². The van der Waals surface area contributed by atoms with Gasteiger partial charge in [-0.25, -0.2) is 4.68 Å². The van der Waals surface area contributed by atoms with Crippen LogP contribution >= 0.6 is 23.1 Å². The van der Waals surface area contributed by atoms with E-state index in [1.54, 1.807) is 41.7 Å². The average Bonchev–Trinajstić information content (AvgIpc) is 3.23. The maximum absolute atomic E-state index is 12.2. The number of hydrogen-bond acceptors (Lipinski definition) is 7. The van der Waals surface area contributed by atoms with E-state index in [1.165, 1.54) is 16.4 Å². The lowest BCUT2D eigenvalue weighted by Crippen LogP contribution is -2.27. The van der Waals surface area contributed by atoms with Gasteiger partial charge in [-0.3, -0.25) is 9.78 Å². The van der Waals surface area contributed by atoms with Crippen LogP contribution in [0.4, 0.5) is 0 Å². The Bertz CT molecular complexity index is 803. The number of aromatic nitrogens is 4. The normalized spacial score (nSPS) is 10.7. The van der Waals surface area contributed by atoms with Gasteiger partial charge in [0.05, 0.1) is 5.75 Å². The van der Waals surface area contributed by atoms with Crippen LogP contribution in [0.2, 0.25) is 0 Å². The molecule has 0 atom stereocenters. The van der Waals surface area contributed by atoms with E-state index in [1.807, 2.05) is 22.9 Å². The molecule has 0 saturated heterocycles. The minimum Gasteiger partial charge on any atom is -0.341 e. The van der Waals surface area contributed by atoms with Crippen LogP contribution in [-0.2, 0) is 11.3 Å². The van der Waals surface area contributed by atoms with Gasteiger partial charge in [0, 0.05) is 31.5 Å². The Morgan fingerprint density at radius 2 is 2.29 bits per heavy atom. The lowest BCUT2D eigenvalue weighted by atomic mass is 10.3. The van der Waals surface area contributed by atoms with Crippen LogP contribution in [0.3, 0.4) is 0 Å². The molecule has 1 amide bonds. The van der Waals surface area contributed by atoms with E-state index in [-0.39, 0.29) is 11.7 Å². The summed E-state index contributed by atoms with van der Waals surface area (Å²) in [4.78, 5) is 18.0. The first kappa shape index (κ1) is 16.5. The van der Waals surface area contributed by atoms with Crippen LogP contribution in [0.25, 0.3) is 11.4 Å². The summed E-state index contributed by atoms with van der Waals surface area (Å²) in [6, 6.07) is 5.67. The standard InChI is InChI=1S/C15H16N6OS2/c1-20(8-11-4-6-23-9-11)13(22)10-24-15-19-18-14(21(15)16)12-3-2-5-17-7-12/h2-7,9H,8,10,16H2,1H3. The maximum Gasteiger partial charge on any atom is 0.233 e. The zero-order valence-corrected chi connectivity index (χ0v) is 14.6. The third-order valence-electron chi connectivity index (χ3n) is 3.33. The highest BCUT2D eigenvalue weighted by molar-refractivity contribution is 7.99. The SMILES string of the molecule is CN(Cc1ccsc1)C(=O)CSc1nnc(-c2cccnc2)n1N. The first-order valence-corrected chi connectivity index (χ1v) is 9.06. The zero-order valence-electron chi connectivity index (χ0n) is 13.0. The molecule has 3 aromatic heterocycles. The molecule has 0 radical (unpaired) electrons. The van der Waals surface area contributed by atoms with Gasteiger partial charge in [0.25, 0.3) is 0 Å². The highest BCUT2D eigenvalue weighted by Gasteiger charge is 2.15. The highest BCUT2D eigenvalue weighted by atomic mass is 32.2. The molecule has 0 aliphatic rings. The number of thiophene rings is 1. The fourth-order valence-corrected chi connectivity index (χ4v) is 3.51. The molecule has 3 rings (SSSR count). The van der Waals surface area contributed by atoms with Gasteiger partial charge in [-0.05, 0) is 34.5 Å². The van der Waals surface area contributed by atoms with Crippen molar-refractivity contribution in [2.45, 2.75) is 11.7 Å². The second kappa shape index (κ2) is 7.45. The van der Waals surface area contributed by atoms with Gasteiger partial charge in [0.15, 0.2) is 5.82 Å². The van der Waals surface area contributed by atoms with Crippen molar-refractivity contribution >= 4 is 29.0 Å². The third kappa shape index (κ3) is 3.74. The average molecular weight is 360 g/mol. The summed E-state index contributed by atoms with van der Waals surface area (Å²) in [5.74, 6) is 6.81. The molecule has 0 aromatic carbocycles. The van der Waals surface area contributed by atoms with Gasteiger partial charge in [0.1, 0.15) is 0 Å². The number of carbonyl (C=O) groups excluding carboxylic acids is 1. The van der Waals surface area contributed by atoms with Crippen LogP contribution in [0, 0.1) is 0 Å². The minimum atomic E-state index is 0.0112. The fourth-order valence-electron chi connectivity index (χ4n) is 2.05. The van der Waals surface area contributed by atoms with Crippen molar-refractivity contribution < 1.29 is 4.79 Å². The number of hydrogen-bond donors (Lipinski definition) is 1. The van der Waals surface area contributed by atoms with E-state index in [9.17, 15) is 4.79 Å². The lowest BCUT2D eigenvalue weighted by Gasteiger charge is -2.15. The molecule has 124 valence electrons. The first-order chi connectivity index (χ1) is 11.6. The Balaban J connectivity index is 1.61. The van der Waals surface area contributed by atoms with E-state index in [2.05, 4.69) is 15.2 Å². The number of pyridine rings is 1. The molecule has 0 unspecified atom stereocenters. The molecule has 0 saturated carbocycles. The Labute approximate surface area is 147 Å². The molecular weight excluding hydrogens is 344 g/mol. The second-order valence-corrected chi connectivity index (χ2v) is 6.81. The lowest BCUT2D eigenvalue weighted by molar-refractivity contribution is -0.127. The topological polar surface area (TPSA) is 89.9 Å². The third-order valence-corrected chi connectivity index (χ3v) is 4.99. The van der Waals surface area contributed by atoms with Crippen molar-refractivity contribution in [3.8, 4) is 11.4 Å². The number of nitrogens with zero attached hydrogens (tertiary/aromatic N) is 5. The molecule has 0 bridgehead atoms. The summed E-state index contributed by atoms with van der Waals surface area (Å²) in [6.45, 7) is 0.596. The molecule has 3 aromatic rings. The second-order valence-electron chi connectivity index (χ2n) is 5.09. The molecule has 2 N–H and O–H groups in total. The van der Waals surface area contributed by atoms with Crippen LogP contribution < -0.4 is 5.84 Å².